The molecule has 19 heavy (non-hydrogen) atoms. The maximum absolute atomic E-state index is 13.3. The first-order chi connectivity index (χ1) is 9.20. The molecule has 0 aromatic heterocycles. The molecule has 4 nitrogen and oxygen atoms in total. The highest BCUT2D eigenvalue weighted by Crippen LogP contribution is 2.36. The van der Waals surface area contributed by atoms with Gasteiger partial charge in [0.15, 0.2) is 0 Å². The Hall–Kier alpha value is -1.27. The van der Waals surface area contributed by atoms with E-state index in [0.717, 1.165) is 22.6 Å². The lowest BCUT2D eigenvalue weighted by molar-refractivity contribution is 0.195. The van der Waals surface area contributed by atoms with Crippen LogP contribution in [-0.4, -0.2) is 32.0 Å². The molecular weight excluding hydrogens is 267 g/mol. The quantitative estimate of drug-likeness (QED) is 0.834. The predicted octanol–water partition coefficient (Wildman–Crippen LogP) is 2.31. The van der Waals surface area contributed by atoms with E-state index in [4.69, 9.17) is 4.74 Å². The van der Waals surface area contributed by atoms with Crippen LogP contribution in [0.15, 0.2) is 23.1 Å². The molecule has 0 spiro atoms. The number of fused-ring (bicyclic) bond motifs is 1. The maximum atomic E-state index is 13.3. The molecule has 0 aliphatic carbocycles. The Morgan fingerprint density at radius 3 is 3.21 bits per heavy atom. The van der Waals surface area contributed by atoms with Gasteiger partial charge in [0.2, 0.25) is 0 Å². The molecule has 1 aromatic carbocycles. The number of hydrogen-bond donors (Lipinski definition) is 2. The van der Waals surface area contributed by atoms with Crippen molar-refractivity contribution in [2.45, 2.75) is 17.4 Å². The van der Waals surface area contributed by atoms with Gasteiger partial charge in [0.25, 0.3) is 0 Å². The number of halogens is 1. The number of urea groups is 1. The highest BCUT2D eigenvalue weighted by molar-refractivity contribution is 7.99. The van der Waals surface area contributed by atoms with E-state index >= 15 is 0 Å². The summed E-state index contributed by atoms with van der Waals surface area (Å²) in [4.78, 5) is 12.7. The van der Waals surface area contributed by atoms with Crippen molar-refractivity contribution in [3.05, 3.63) is 29.6 Å². The molecule has 104 valence electrons. The van der Waals surface area contributed by atoms with Gasteiger partial charge in [-0.1, -0.05) is 0 Å². The van der Waals surface area contributed by atoms with Gasteiger partial charge in [-0.3, -0.25) is 0 Å². The van der Waals surface area contributed by atoms with Crippen molar-refractivity contribution in [1.82, 2.24) is 10.6 Å². The second kappa shape index (κ2) is 6.77. The van der Waals surface area contributed by atoms with E-state index in [2.05, 4.69) is 10.6 Å². The molecule has 1 heterocycles. The van der Waals surface area contributed by atoms with Crippen LogP contribution >= 0.6 is 11.8 Å². The minimum absolute atomic E-state index is 0.130. The van der Waals surface area contributed by atoms with E-state index in [-0.39, 0.29) is 17.9 Å². The van der Waals surface area contributed by atoms with Gasteiger partial charge in [-0.05, 0) is 30.2 Å². The van der Waals surface area contributed by atoms with Crippen molar-refractivity contribution >= 4 is 17.8 Å². The number of ether oxygens (including phenoxy) is 1. The molecule has 1 aliphatic rings. The molecule has 0 radical (unpaired) electrons. The van der Waals surface area contributed by atoms with Gasteiger partial charge in [-0.15, -0.1) is 11.8 Å². The molecule has 2 amide bonds. The Bertz CT molecular complexity index is 456. The molecule has 1 atom stereocenters. The molecule has 0 saturated carbocycles. The fraction of sp³-hybridized carbons (Fsp3) is 0.462. The van der Waals surface area contributed by atoms with E-state index in [1.54, 1.807) is 24.9 Å². The number of carbonyl (C=O) groups is 1. The monoisotopic (exact) mass is 284 g/mol. The topological polar surface area (TPSA) is 50.4 Å². The fourth-order valence-corrected chi connectivity index (χ4v) is 3.10. The zero-order valence-electron chi connectivity index (χ0n) is 10.7. The number of nitrogens with one attached hydrogen (secondary N) is 2. The third-order valence-electron chi connectivity index (χ3n) is 2.91. The van der Waals surface area contributed by atoms with Gasteiger partial charge in [0.1, 0.15) is 5.82 Å². The van der Waals surface area contributed by atoms with Crippen LogP contribution in [0.1, 0.15) is 18.0 Å². The van der Waals surface area contributed by atoms with Crippen molar-refractivity contribution in [2.75, 3.05) is 26.0 Å². The molecule has 1 aliphatic heterocycles. The SMILES string of the molecule is COCCNC(=O)N[C@@H]1CCSc2ccc(F)cc21. The highest BCUT2D eigenvalue weighted by atomic mass is 32.2. The predicted molar refractivity (Wildman–Crippen MR) is 72.9 cm³/mol. The van der Waals surface area contributed by atoms with E-state index < -0.39 is 0 Å². The number of carbonyl (C=O) groups excluding carboxylic acids is 1. The van der Waals surface area contributed by atoms with Crippen LogP contribution in [0.25, 0.3) is 0 Å². The largest absolute Gasteiger partial charge is 0.383 e. The van der Waals surface area contributed by atoms with Crippen LogP contribution in [0.3, 0.4) is 0 Å². The Kier molecular flexibility index (Phi) is 5.04. The first-order valence-electron chi connectivity index (χ1n) is 6.16. The fourth-order valence-electron chi connectivity index (χ4n) is 1.99. The molecule has 0 fully saturated rings. The summed E-state index contributed by atoms with van der Waals surface area (Å²) in [5, 5.41) is 5.58. The van der Waals surface area contributed by atoms with Crippen LogP contribution in [0, 0.1) is 5.82 Å². The minimum atomic E-state index is -0.271. The van der Waals surface area contributed by atoms with Crippen molar-refractivity contribution in [3.63, 3.8) is 0 Å². The molecule has 1 aromatic rings. The molecule has 0 saturated heterocycles. The number of hydrogen-bond acceptors (Lipinski definition) is 3. The van der Waals surface area contributed by atoms with Gasteiger partial charge in [0, 0.05) is 24.3 Å². The van der Waals surface area contributed by atoms with Gasteiger partial charge >= 0.3 is 6.03 Å². The molecule has 6 heteroatoms. The number of amides is 2. The number of methoxy groups -OCH3 is 1. The van der Waals surface area contributed by atoms with Crippen LogP contribution in [-0.2, 0) is 4.74 Å². The van der Waals surface area contributed by atoms with Crippen molar-refractivity contribution in [3.8, 4) is 0 Å². The van der Waals surface area contributed by atoms with Crippen LogP contribution < -0.4 is 10.6 Å². The average molecular weight is 284 g/mol. The van der Waals surface area contributed by atoms with Crippen LogP contribution in [0.5, 0.6) is 0 Å². The Morgan fingerprint density at radius 1 is 1.58 bits per heavy atom. The summed E-state index contributed by atoms with van der Waals surface area (Å²) in [6, 6.07) is 4.35. The molecule has 0 bridgehead atoms. The summed E-state index contributed by atoms with van der Waals surface area (Å²) < 4.78 is 18.2. The van der Waals surface area contributed by atoms with E-state index in [1.165, 1.54) is 12.1 Å². The summed E-state index contributed by atoms with van der Waals surface area (Å²) in [6.45, 7) is 0.930. The Morgan fingerprint density at radius 2 is 2.42 bits per heavy atom. The summed E-state index contributed by atoms with van der Waals surface area (Å²) in [5.41, 5.74) is 0.859. The van der Waals surface area contributed by atoms with Crippen molar-refractivity contribution in [1.29, 1.82) is 0 Å². The first kappa shape index (κ1) is 14.1. The van der Waals surface area contributed by atoms with Crippen LogP contribution in [0.4, 0.5) is 9.18 Å². The third kappa shape index (κ3) is 3.84. The van der Waals surface area contributed by atoms with Gasteiger partial charge in [0.05, 0.1) is 12.6 Å². The summed E-state index contributed by atoms with van der Waals surface area (Å²) >= 11 is 1.69. The minimum Gasteiger partial charge on any atom is -0.383 e. The van der Waals surface area contributed by atoms with Gasteiger partial charge in [-0.25, -0.2) is 9.18 Å². The number of rotatable bonds is 4. The van der Waals surface area contributed by atoms with Gasteiger partial charge in [-0.2, -0.15) is 0 Å². The summed E-state index contributed by atoms with van der Waals surface area (Å²) in [6.07, 6.45) is 0.804. The first-order valence-corrected chi connectivity index (χ1v) is 7.15. The lowest BCUT2D eigenvalue weighted by atomic mass is 10.0. The lowest BCUT2D eigenvalue weighted by Crippen LogP contribution is -2.40. The van der Waals surface area contributed by atoms with Crippen molar-refractivity contribution < 1.29 is 13.9 Å². The average Bonchev–Trinajstić information content (AvgIpc) is 2.40. The third-order valence-corrected chi connectivity index (χ3v) is 4.03. The second-order valence-electron chi connectivity index (χ2n) is 4.26. The second-order valence-corrected chi connectivity index (χ2v) is 5.40. The van der Waals surface area contributed by atoms with Gasteiger partial charge < -0.3 is 15.4 Å². The number of benzene rings is 1. The molecular formula is C13H17FN2O2S. The summed E-state index contributed by atoms with van der Waals surface area (Å²) in [7, 11) is 1.58. The number of thioether (sulfide) groups is 1. The normalized spacial score (nSPS) is 17.7. The standard InChI is InChI=1S/C13H17FN2O2S/c1-18-6-5-15-13(17)16-11-4-7-19-12-3-2-9(14)8-10(11)12/h2-3,8,11H,4-7H2,1H3,(H2,15,16,17)/t11-/m1/s1. The Labute approximate surface area is 116 Å². The van der Waals surface area contributed by atoms with E-state index in [1.807, 2.05) is 0 Å². The summed E-state index contributed by atoms with van der Waals surface area (Å²) in [5.74, 6) is 0.648. The zero-order valence-corrected chi connectivity index (χ0v) is 11.6. The lowest BCUT2D eigenvalue weighted by Gasteiger charge is -2.26. The van der Waals surface area contributed by atoms with E-state index in [0.29, 0.717) is 13.2 Å². The molecule has 2 N–H and O–H groups in total. The van der Waals surface area contributed by atoms with Crippen molar-refractivity contribution in [2.24, 2.45) is 0 Å². The highest BCUT2D eigenvalue weighted by Gasteiger charge is 2.22. The van der Waals surface area contributed by atoms with Crippen LogP contribution in [0.2, 0.25) is 0 Å². The Balaban J connectivity index is 1.99. The smallest absolute Gasteiger partial charge is 0.315 e. The zero-order chi connectivity index (χ0) is 13.7. The van der Waals surface area contributed by atoms with E-state index in [9.17, 15) is 9.18 Å². The molecule has 2 rings (SSSR count). The maximum Gasteiger partial charge on any atom is 0.315 e. The molecule has 0 unspecified atom stereocenters.